The molecule has 298 valence electrons. The lowest BCUT2D eigenvalue weighted by Gasteiger charge is -2.21. The lowest BCUT2D eigenvalue weighted by Crippen LogP contribution is -2.17. The van der Waals surface area contributed by atoms with Crippen molar-refractivity contribution in [3.05, 3.63) is 149 Å². The van der Waals surface area contributed by atoms with Crippen molar-refractivity contribution < 1.29 is 14.3 Å². The minimum atomic E-state index is -3.43. The Morgan fingerprint density at radius 2 is 1.39 bits per heavy atom. The van der Waals surface area contributed by atoms with Gasteiger partial charge in [-0.15, -0.1) is 0 Å². The second kappa shape index (κ2) is 15.6. The van der Waals surface area contributed by atoms with Gasteiger partial charge in [0, 0.05) is 48.3 Å². The minimum absolute atomic E-state index is 0.0116. The number of carbonyl (C=O) groups excluding carboxylic acids is 1. The molecule has 9 heteroatoms. The predicted octanol–water partition coefficient (Wildman–Crippen LogP) is 11.0. The molecule has 0 fully saturated rings. The number of nitrogens with zero attached hydrogens (tertiary/aromatic N) is 4. The van der Waals surface area contributed by atoms with Crippen LogP contribution in [0.1, 0.15) is 58.1 Å². The average Bonchev–Trinajstić information content (AvgIpc) is 3.78. The maximum Gasteiger partial charge on any atom is 0.251 e. The van der Waals surface area contributed by atoms with E-state index >= 15 is 0 Å². The molecule has 0 saturated heterocycles. The van der Waals surface area contributed by atoms with Gasteiger partial charge in [0.2, 0.25) is 7.37 Å². The van der Waals surface area contributed by atoms with Crippen molar-refractivity contribution in [3.8, 4) is 45.0 Å². The van der Waals surface area contributed by atoms with Gasteiger partial charge in [-0.1, -0.05) is 84.4 Å². The van der Waals surface area contributed by atoms with E-state index in [4.69, 9.17) is 9.97 Å². The zero-order valence-electron chi connectivity index (χ0n) is 35.0. The highest BCUT2D eigenvalue weighted by atomic mass is 31.2. The number of fused-ring (bicyclic) bond motifs is 2. The van der Waals surface area contributed by atoms with Crippen molar-refractivity contribution in [1.82, 2.24) is 24.4 Å². The summed E-state index contributed by atoms with van der Waals surface area (Å²) in [6.45, 7) is 15.0. The van der Waals surface area contributed by atoms with Crippen LogP contribution in [0.25, 0.3) is 67.1 Å². The van der Waals surface area contributed by atoms with Crippen LogP contribution in [-0.2, 0) is 17.5 Å². The van der Waals surface area contributed by atoms with E-state index in [-0.39, 0.29) is 11.9 Å². The summed E-state index contributed by atoms with van der Waals surface area (Å²) in [5.41, 5.74) is 16.5. The Morgan fingerprint density at radius 1 is 0.712 bits per heavy atom. The summed E-state index contributed by atoms with van der Waals surface area (Å²) < 4.78 is 17.0. The van der Waals surface area contributed by atoms with Crippen LogP contribution in [0.5, 0.6) is 0 Å². The normalized spacial score (nSPS) is 13.2. The van der Waals surface area contributed by atoms with Gasteiger partial charge in [0.1, 0.15) is 11.6 Å². The summed E-state index contributed by atoms with van der Waals surface area (Å²) in [5.74, 6) is 1.55. The van der Waals surface area contributed by atoms with E-state index in [1.54, 1.807) is 19.2 Å². The molecule has 2 atom stereocenters. The molecule has 0 bridgehead atoms. The first-order valence-electron chi connectivity index (χ1n) is 20.2. The van der Waals surface area contributed by atoms with E-state index in [1.807, 2.05) is 30.3 Å². The summed E-state index contributed by atoms with van der Waals surface area (Å²) in [4.78, 5) is 33.4. The Bertz CT molecular complexity index is 2990. The van der Waals surface area contributed by atoms with Crippen molar-refractivity contribution in [1.29, 1.82) is 0 Å². The van der Waals surface area contributed by atoms with Gasteiger partial charge in [0.15, 0.2) is 0 Å². The van der Waals surface area contributed by atoms with E-state index in [0.717, 1.165) is 68.0 Å². The number of hydrogen-bond donors (Lipinski definition) is 2. The van der Waals surface area contributed by atoms with Gasteiger partial charge in [-0.05, 0) is 129 Å². The lowest BCUT2D eigenvalue weighted by atomic mass is 9.90. The van der Waals surface area contributed by atoms with Crippen LogP contribution >= 0.6 is 7.37 Å². The molecule has 8 rings (SSSR count). The highest BCUT2D eigenvalue weighted by Gasteiger charge is 2.24. The minimum Gasteiger partial charge on any atom is -0.355 e. The third-order valence-corrected chi connectivity index (χ3v) is 12.8. The molecule has 0 saturated carbocycles. The molecular formula is C50H50N5O3P. The summed E-state index contributed by atoms with van der Waals surface area (Å²) >= 11 is 0. The molecule has 1 amide bonds. The molecule has 2 aromatic heterocycles. The Kier molecular flexibility index (Phi) is 10.5. The molecule has 0 aliphatic rings. The standard InChI is InChI=1S/C50H50N5O3P/c1-9-54-45-24-20-37(59(8,57)58)29-44(45)52-48(54)41-15-11-10-14-40(41)38-22-18-35(26-33(38)5)27-34(6)55-46-23-19-36(50(56)51-7)28-43(46)53-49(55)42-16-12-13-31(3)47(42)39-21-17-30(2)25-32(39)4/h10-26,28-29,34H,9,27H2,1-8H3,(H,51,56)(H,57,58). The van der Waals surface area contributed by atoms with Crippen LogP contribution in [0.15, 0.2) is 115 Å². The van der Waals surface area contributed by atoms with Crippen LogP contribution < -0.4 is 10.6 Å². The van der Waals surface area contributed by atoms with Crippen molar-refractivity contribution in [2.75, 3.05) is 13.7 Å². The van der Waals surface area contributed by atoms with E-state index in [2.05, 4.69) is 129 Å². The predicted molar refractivity (Wildman–Crippen MR) is 243 cm³/mol. The smallest absolute Gasteiger partial charge is 0.251 e. The maximum atomic E-state index is 12.8. The monoisotopic (exact) mass is 799 g/mol. The van der Waals surface area contributed by atoms with Crippen LogP contribution in [0.4, 0.5) is 0 Å². The van der Waals surface area contributed by atoms with Crippen molar-refractivity contribution in [2.45, 2.75) is 60.5 Å². The molecule has 2 unspecified atom stereocenters. The lowest BCUT2D eigenvalue weighted by molar-refractivity contribution is 0.0963. The van der Waals surface area contributed by atoms with E-state index in [9.17, 15) is 14.3 Å². The SMILES string of the molecule is CCn1c(-c2ccccc2-c2ccc(CC(C)n3c(-c4cccc(C)c4-c4ccc(C)cc4C)nc4cc(C(=O)NC)ccc43)cc2C)nc2cc(P(C)(=O)O)ccc21. The van der Waals surface area contributed by atoms with Crippen LogP contribution in [-0.4, -0.2) is 43.6 Å². The van der Waals surface area contributed by atoms with E-state index < -0.39 is 7.37 Å². The largest absolute Gasteiger partial charge is 0.355 e. The molecule has 2 heterocycles. The Labute approximate surface area is 346 Å². The van der Waals surface area contributed by atoms with Gasteiger partial charge in [-0.3, -0.25) is 9.36 Å². The Balaban J connectivity index is 1.20. The van der Waals surface area contributed by atoms with Crippen LogP contribution in [0.3, 0.4) is 0 Å². The maximum absolute atomic E-state index is 12.8. The number of aromatic nitrogens is 4. The third-order valence-electron chi connectivity index (χ3n) is 11.6. The Hall–Kier alpha value is -6.08. The molecule has 8 aromatic rings. The molecular weight excluding hydrogens is 750 g/mol. The Morgan fingerprint density at radius 3 is 2.10 bits per heavy atom. The van der Waals surface area contributed by atoms with Gasteiger partial charge in [0.05, 0.1) is 22.1 Å². The van der Waals surface area contributed by atoms with Crippen molar-refractivity contribution in [3.63, 3.8) is 0 Å². The number of imidazole rings is 2. The number of benzene rings is 6. The first-order valence-corrected chi connectivity index (χ1v) is 22.3. The topological polar surface area (TPSA) is 102 Å². The van der Waals surface area contributed by atoms with Gasteiger partial charge >= 0.3 is 0 Å². The number of amides is 1. The molecule has 59 heavy (non-hydrogen) atoms. The van der Waals surface area contributed by atoms with E-state index in [0.29, 0.717) is 22.9 Å². The van der Waals surface area contributed by atoms with Gasteiger partial charge in [-0.2, -0.15) is 0 Å². The summed E-state index contributed by atoms with van der Waals surface area (Å²) in [5, 5.41) is 3.16. The molecule has 6 aromatic carbocycles. The average molecular weight is 800 g/mol. The van der Waals surface area contributed by atoms with Crippen LogP contribution in [0.2, 0.25) is 0 Å². The first-order chi connectivity index (χ1) is 28.3. The van der Waals surface area contributed by atoms with Gasteiger partial charge in [0.25, 0.3) is 5.91 Å². The highest BCUT2D eigenvalue weighted by molar-refractivity contribution is 7.65. The summed E-state index contributed by atoms with van der Waals surface area (Å²) in [6, 6.07) is 39.3. The van der Waals surface area contributed by atoms with Crippen molar-refractivity contribution in [2.24, 2.45) is 0 Å². The number of rotatable bonds is 10. The van der Waals surface area contributed by atoms with Crippen LogP contribution in [0, 0.1) is 27.7 Å². The fourth-order valence-electron chi connectivity index (χ4n) is 8.73. The highest BCUT2D eigenvalue weighted by Crippen LogP contribution is 2.41. The van der Waals surface area contributed by atoms with Gasteiger partial charge < -0.3 is 19.3 Å². The number of nitrogens with one attached hydrogen (secondary N) is 1. The molecule has 8 nitrogen and oxygen atoms in total. The number of aryl methyl sites for hydroxylation is 5. The summed E-state index contributed by atoms with van der Waals surface area (Å²) in [7, 11) is -1.78. The quantitative estimate of drug-likeness (QED) is 0.134. The molecule has 0 aliphatic heterocycles. The second-order valence-electron chi connectivity index (χ2n) is 15.9. The molecule has 0 spiro atoms. The second-order valence-corrected chi connectivity index (χ2v) is 18.2. The van der Waals surface area contributed by atoms with E-state index in [1.165, 1.54) is 34.5 Å². The van der Waals surface area contributed by atoms with Gasteiger partial charge in [-0.25, -0.2) is 9.97 Å². The fourth-order valence-corrected chi connectivity index (χ4v) is 9.44. The zero-order valence-corrected chi connectivity index (χ0v) is 35.9. The number of hydrogen-bond acceptors (Lipinski definition) is 4. The number of carbonyl (C=O) groups is 1. The molecule has 0 radical (unpaired) electrons. The molecule has 2 N–H and O–H groups in total. The zero-order chi connectivity index (χ0) is 41.7. The first kappa shape index (κ1) is 39.7. The third kappa shape index (κ3) is 7.32. The summed E-state index contributed by atoms with van der Waals surface area (Å²) in [6.07, 6.45) is 0.753. The fraction of sp³-hybridized carbons (Fsp3) is 0.220. The molecule has 0 aliphatic carbocycles. The van der Waals surface area contributed by atoms with Crippen molar-refractivity contribution >= 4 is 40.6 Å².